The van der Waals surface area contributed by atoms with Crippen molar-refractivity contribution in [2.45, 2.75) is 25.6 Å². The van der Waals surface area contributed by atoms with Crippen LogP contribution in [0.15, 0.2) is 66.7 Å². The first-order chi connectivity index (χ1) is 14.8. The molecule has 1 aliphatic heterocycles. The molecule has 6 heteroatoms. The first kappa shape index (κ1) is 21.6. The van der Waals surface area contributed by atoms with E-state index >= 15 is 0 Å². The predicted molar refractivity (Wildman–Crippen MR) is 129 cm³/mol. The highest BCUT2D eigenvalue weighted by atomic mass is 35.5. The number of hydrogen-bond donors (Lipinski definition) is 1. The van der Waals surface area contributed by atoms with Crippen LogP contribution >= 0.6 is 23.7 Å². The lowest BCUT2D eigenvalue weighted by molar-refractivity contribution is 0.0480. The number of piperidine rings is 1. The molecule has 0 aliphatic carbocycles. The number of ether oxygens (including phenoxy) is 2. The Morgan fingerprint density at radius 2 is 1.74 bits per heavy atom. The number of thiophene rings is 1. The van der Waals surface area contributed by atoms with Crippen LogP contribution in [0.4, 0.5) is 0 Å². The Hall–Kier alpha value is -2.60. The van der Waals surface area contributed by atoms with Crippen molar-refractivity contribution >= 4 is 50.6 Å². The number of benzene rings is 3. The Morgan fingerprint density at radius 1 is 0.968 bits per heavy atom. The summed E-state index contributed by atoms with van der Waals surface area (Å²) in [5.41, 5.74) is 1.01. The maximum atomic E-state index is 12.8. The summed E-state index contributed by atoms with van der Waals surface area (Å²) in [6.07, 6.45) is 2.22. The van der Waals surface area contributed by atoms with Gasteiger partial charge in [0.05, 0.1) is 0 Å². The van der Waals surface area contributed by atoms with Gasteiger partial charge in [-0.2, -0.15) is 0 Å². The average Bonchev–Trinajstić information content (AvgIpc) is 3.24. The second-order valence-corrected chi connectivity index (χ2v) is 8.64. The number of carbonyl (C=O) groups excluding carboxylic acids is 1. The molecule has 0 saturated carbocycles. The summed E-state index contributed by atoms with van der Waals surface area (Å²) in [6.45, 7) is 2.22. The van der Waals surface area contributed by atoms with Crippen LogP contribution in [0.5, 0.6) is 5.75 Å². The largest absolute Gasteiger partial charge is 0.490 e. The molecule has 2 heterocycles. The predicted octanol–water partition coefficient (Wildman–Crippen LogP) is 5.96. The number of esters is 1. The van der Waals surface area contributed by atoms with Gasteiger partial charge in [-0.3, -0.25) is 0 Å². The van der Waals surface area contributed by atoms with Gasteiger partial charge in [0.25, 0.3) is 0 Å². The van der Waals surface area contributed by atoms with Crippen molar-refractivity contribution in [3.63, 3.8) is 0 Å². The third kappa shape index (κ3) is 4.69. The Morgan fingerprint density at radius 3 is 2.61 bits per heavy atom. The average molecular weight is 454 g/mol. The second kappa shape index (κ2) is 9.69. The van der Waals surface area contributed by atoms with Crippen LogP contribution in [0.1, 0.15) is 28.1 Å². The van der Waals surface area contributed by atoms with Gasteiger partial charge in [-0.05, 0) is 60.5 Å². The van der Waals surface area contributed by atoms with E-state index in [1.165, 1.54) is 11.3 Å². The quantitative estimate of drug-likeness (QED) is 0.378. The highest BCUT2D eigenvalue weighted by Crippen LogP contribution is 2.34. The van der Waals surface area contributed by atoms with E-state index in [0.717, 1.165) is 58.1 Å². The smallest absolute Gasteiger partial charge is 0.348 e. The third-order valence-corrected chi connectivity index (χ3v) is 6.62. The van der Waals surface area contributed by atoms with E-state index in [0.29, 0.717) is 4.88 Å². The zero-order chi connectivity index (χ0) is 20.3. The summed E-state index contributed by atoms with van der Waals surface area (Å²) in [5.74, 6) is 0.556. The van der Waals surface area contributed by atoms with Crippen LogP contribution in [0.2, 0.25) is 0 Å². The fraction of sp³-hybridized carbons (Fsp3) is 0.240. The summed E-state index contributed by atoms with van der Waals surface area (Å²) in [5, 5.41) is 6.60. The normalized spacial score (nSPS) is 14.3. The first-order valence-electron chi connectivity index (χ1n) is 10.3. The minimum atomic E-state index is -0.294. The molecule has 0 spiro atoms. The molecule has 5 rings (SSSR count). The van der Waals surface area contributed by atoms with Crippen LogP contribution in [0.25, 0.3) is 20.9 Å². The van der Waals surface area contributed by atoms with E-state index in [-0.39, 0.29) is 31.1 Å². The monoisotopic (exact) mass is 453 g/mol. The molecular formula is C25H24ClNO3S. The van der Waals surface area contributed by atoms with Gasteiger partial charge in [-0.15, -0.1) is 23.7 Å². The highest BCUT2D eigenvalue weighted by Gasteiger charge is 2.18. The van der Waals surface area contributed by atoms with Gasteiger partial charge in [0.2, 0.25) is 0 Å². The van der Waals surface area contributed by atoms with E-state index in [9.17, 15) is 4.79 Å². The zero-order valence-electron chi connectivity index (χ0n) is 17.0. The van der Waals surface area contributed by atoms with Crippen molar-refractivity contribution in [3.8, 4) is 5.75 Å². The fourth-order valence-electron chi connectivity index (χ4n) is 3.96. The third-order valence-electron chi connectivity index (χ3n) is 5.54. The molecule has 0 bridgehead atoms. The van der Waals surface area contributed by atoms with Gasteiger partial charge >= 0.3 is 5.97 Å². The number of rotatable bonds is 5. The lowest BCUT2D eigenvalue weighted by Crippen LogP contribution is -2.34. The SMILES string of the molecule is Cl.O=C(OCc1cccc2ccccc12)c1cc2c(OC3CCNCC3)cccc2s1. The van der Waals surface area contributed by atoms with Crippen molar-refractivity contribution in [1.29, 1.82) is 0 Å². The summed E-state index contributed by atoms with van der Waals surface area (Å²) >= 11 is 1.45. The molecule has 1 aliphatic rings. The van der Waals surface area contributed by atoms with Crippen molar-refractivity contribution < 1.29 is 14.3 Å². The van der Waals surface area contributed by atoms with Gasteiger partial charge in [-0.1, -0.05) is 48.5 Å². The number of fused-ring (bicyclic) bond motifs is 2. The maximum absolute atomic E-state index is 12.8. The molecule has 31 heavy (non-hydrogen) atoms. The second-order valence-electron chi connectivity index (χ2n) is 7.56. The molecule has 0 atom stereocenters. The maximum Gasteiger partial charge on any atom is 0.348 e. The molecule has 1 N–H and O–H groups in total. The van der Waals surface area contributed by atoms with Gasteiger partial charge < -0.3 is 14.8 Å². The zero-order valence-corrected chi connectivity index (χ0v) is 18.6. The molecule has 3 aromatic carbocycles. The van der Waals surface area contributed by atoms with Gasteiger partial charge in [-0.25, -0.2) is 4.79 Å². The van der Waals surface area contributed by atoms with Crippen molar-refractivity contribution in [1.82, 2.24) is 5.32 Å². The van der Waals surface area contributed by atoms with E-state index in [4.69, 9.17) is 9.47 Å². The van der Waals surface area contributed by atoms with Crippen LogP contribution in [0, 0.1) is 0 Å². The molecule has 160 valence electrons. The van der Waals surface area contributed by atoms with E-state index < -0.39 is 0 Å². The van der Waals surface area contributed by atoms with Crippen molar-refractivity contribution in [3.05, 3.63) is 77.2 Å². The molecular weight excluding hydrogens is 430 g/mol. The first-order valence-corrected chi connectivity index (χ1v) is 11.1. The van der Waals surface area contributed by atoms with Crippen molar-refractivity contribution in [2.24, 2.45) is 0 Å². The van der Waals surface area contributed by atoms with Gasteiger partial charge in [0, 0.05) is 10.1 Å². The Kier molecular flexibility index (Phi) is 6.76. The number of hydrogen-bond acceptors (Lipinski definition) is 5. The van der Waals surface area contributed by atoms with Crippen LogP contribution in [-0.4, -0.2) is 25.2 Å². The highest BCUT2D eigenvalue weighted by molar-refractivity contribution is 7.20. The fourth-order valence-corrected chi connectivity index (χ4v) is 4.94. The summed E-state index contributed by atoms with van der Waals surface area (Å²) < 4.78 is 13.0. The van der Waals surface area contributed by atoms with Crippen molar-refractivity contribution in [2.75, 3.05) is 13.1 Å². The molecule has 0 radical (unpaired) electrons. The Labute approximate surface area is 191 Å². The summed E-state index contributed by atoms with van der Waals surface area (Å²) in [7, 11) is 0. The number of nitrogens with one attached hydrogen (secondary N) is 1. The molecule has 1 saturated heterocycles. The number of carbonyl (C=O) groups is 1. The van der Waals surface area contributed by atoms with Crippen LogP contribution in [0.3, 0.4) is 0 Å². The number of halogens is 1. The minimum Gasteiger partial charge on any atom is -0.490 e. The molecule has 1 aromatic heterocycles. The topological polar surface area (TPSA) is 47.6 Å². The van der Waals surface area contributed by atoms with Crippen LogP contribution in [-0.2, 0) is 11.3 Å². The Bertz CT molecular complexity index is 1190. The molecule has 0 amide bonds. The molecule has 1 fully saturated rings. The molecule has 0 unspecified atom stereocenters. The van der Waals surface area contributed by atoms with E-state index in [2.05, 4.69) is 23.5 Å². The molecule has 4 aromatic rings. The standard InChI is InChI=1S/C25H23NO3S.ClH/c27-25(28-16-18-7-3-6-17-5-1-2-8-20(17)18)24-15-21-22(9-4-10-23(21)30-24)29-19-11-13-26-14-12-19;/h1-10,15,19,26H,11-14,16H2;1H. The molecule has 4 nitrogen and oxygen atoms in total. The van der Waals surface area contributed by atoms with E-state index in [1.54, 1.807) is 0 Å². The minimum absolute atomic E-state index is 0. The van der Waals surface area contributed by atoms with E-state index in [1.807, 2.05) is 48.5 Å². The lowest BCUT2D eigenvalue weighted by Gasteiger charge is -2.24. The Balaban J connectivity index is 0.00000231. The van der Waals surface area contributed by atoms with Gasteiger partial charge in [0.1, 0.15) is 23.3 Å². The summed E-state index contributed by atoms with van der Waals surface area (Å²) in [6, 6.07) is 22.1. The van der Waals surface area contributed by atoms with Crippen LogP contribution < -0.4 is 10.1 Å². The summed E-state index contributed by atoms with van der Waals surface area (Å²) in [4.78, 5) is 13.4. The lowest BCUT2D eigenvalue weighted by atomic mass is 10.1. The van der Waals surface area contributed by atoms with Gasteiger partial charge in [0.15, 0.2) is 0 Å².